The first-order valence-corrected chi connectivity index (χ1v) is 10.4. The van der Waals surface area contributed by atoms with Crippen LogP contribution < -0.4 is 11.0 Å². The Hall–Kier alpha value is -2.06. The van der Waals surface area contributed by atoms with E-state index in [9.17, 15) is 9.59 Å². The molecule has 2 aromatic rings. The number of ether oxygens (including phenoxy) is 1. The van der Waals surface area contributed by atoms with E-state index in [2.05, 4.69) is 10.3 Å². The standard InChI is InChI=1S/C19H23N3O4S/c23-17(20-10-13-4-2-8-25-13)12-27-18-15-6-1-7-16(15)22(19(24)21-18)11-14-5-3-9-26-14/h3,5,9,13H,1-2,4,6-8,10-12H2,(H,20,23). The molecule has 2 aromatic heterocycles. The third-order valence-corrected chi connectivity index (χ3v) is 6.00. The lowest BCUT2D eigenvalue weighted by Gasteiger charge is -2.14. The van der Waals surface area contributed by atoms with Gasteiger partial charge in [-0.2, -0.15) is 4.98 Å². The lowest BCUT2D eigenvalue weighted by molar-refractivity contribution is -0.119. The van der Waals surface area contributed by atoms with Crippen LogP contribution in [-0.4, -0.2) is 40.5 Å². The van der Waals surface area contributed by atoms with Crippen LogP contribution in [0.3, 0.4) is 0 Å². The van der Waals surface area contributed by atoms with Crippen LogP contribution >= 0.6 is 11.8 Å². The molecular formula is C19H23N3O4S. The number of amides is 1. The highest BCUT2D eigenvalue weighted by Gasteiger charge is 2.23. The smallest absolute Gasteiger partial charge is 0.349 e. The normalized spacial score (nSPS) is 18.6. The van der Waals surface area contributed by atoms with Crippen molar-refractivity contribution in [2.24, 2.45) is 0 Å². The van der Waals surface area contributed by atoms with E-state index >= 15 is 0 Å². The molecule has 0 bridgehead atoms. The maximum atomic E-state index is 12.6. The molecule has 8 heteroatoms. The van der Waals surface area contributed by atoms with Gasteiger partial charge in [-0.15, -0.1) is 0 Å². The number of aromatic nitrogens is 2. The predicted molar refractivity (Wildman–Crippen MR) is 101 cm³/mol. The van der Waals surface area contributed by atoms with Gasteiger partial charge in [-0.3, -0.25) is 9.36 Å². The number of nitrogens with zero attached hydrogens (tertiary/aromatic N) is 2. The molecule has 3 heterocycles. The fourth-order valence-corrected chi connectivity index (χ4v) is 4.55. The fourth-order valence-electron chi connectivity index (χ4n) is 3.64. The van der Waals surface area contributed by atoms with Crippen molar-refractivity contribution in [3.05, 3.63) is 45.9 Å². The molecule has 1 amide bonds. The van der Waals surface area contributed by atoms with Crippen molar-refractivity contribution in [1.29, 1.82) is 0 Å². The molecule has 0 saturated carbocycles. The highest BCUT2D eigenvalue weighted by molar-refractivity contribution is 7.99. The van der Waals surface area contributed by atoms with Crippen molar-refractivity contribution in [2.75, 3.05) is 18.9 Å². The maximum Gasteiger partial charge on any atom is 0.349 e. The Morgan fingerprint density at radius 2 is 2.30 bits per heavy atom. The van der Waals surface area contributed by atoms with E-state index in [1.807, 2.05) is 12.1 Å². The van der Waals surface area contributed by atoms with Crippen molar-refractivity contribution in [1.82, 2.24) is 14.9 Å². The molecule has 0 radical (unpaired) electrons. The summed E-state index contributed by atoms with van der Waals surface area (Å²) in [5.74, 6) is 0.944. The van der Waals surface area contributed by atoms with Crippen LogP contribution in [0.4, 0.5) is 0 Å². The van der Waals surface area contributed by atoms with Crippen LogP contribution in [0.15, 0.2) is 32.6 Å². The lowest BCUT2D eigenvalue weighted by Crippen LogP contribution is -2.33. The average Bonchev–Trinajstić information content (AvgIpc) is 3.42. The average molecular weight is 389 g/mol. The van der Waals surface area contributed by atoms with Gasteiger partial charge in [0.15, 0.2) is 0 Å². The number of hydrogen-bond acceptors (Lipinski definition) is 6. The van der Waals surface area contributed by atoms with E-state index < -0.39 is 0 Å². The number of rotatable bonds is 7. The first-order chi connectivity index (χ1) is 13.2. The van der Waals surface area contributed by atoms with E-state index in [0.29, 0.717) is 18.1 Å². The minimum absolute atomic E-state index is 0.0520. The Labute approximate surface area is 161 Å². The Bertz CT molecular complexity index is 857. The molecule has 1 aliphatic carbocycles. The van der Waals surface area contributed by atoms with Crippen molar-refractivity contribution < 1.29 is 13.9 Å². The van der Waals surface area contributed by atoms with Gasteiger partial charge in [0.05, 0.1) is 24.7 Å². The van der Waals surface area contributed by atoms with Crippen LogP contribution in [0.1, 0.15) is 36.3 Å². The molecule has 1 unspecified atom stereocenters. The minimum atomic E-state index is -0.283. The largest absolute Gasteiger partial charge is 0.467 e. The molecule has 1 atom stereocenters. The molecule has 7 nitrogen and oxygen atoms in total. The lowest BCUT2D eigenvalue weighted by atomic mass is 10.2. The predicted octanol–water partition coefficient (Wildman–Crippen LogP) is 1.76. The van der Waals surface area contributed by atoms with Gasteiger partial charge in [0.25, 0.3) is 0 Å². The monoisotopic (exact) mass is 389 g/mol. The summed E-state index contributed by atoms with van der Waals surface area (Å²) in [4.78, 5) is 28.9. The zero-order valence-electron chi connectivity index (χ0n) is 15.1. The van der Waals surface area contributed by atoms with E-state index in [1.54, 1.807) is 10.8 Å². The highest BCUT2D eigenvalue weighted by atomic mass is 32.2. The highest BCUT2D eigenvalue weighted by Crippen LogP contribution is 2.29. The number of carbonyl (C=O) groups is 1. The quantitative estimate of drug-likeness (QED) is 0.574. The number of carbonyl (C=O) groups excluding carboxylic acids is 1. The van der Waals surface area contributed by atoms with Gasteiger partial charge in [-0.25, -0.2) is 4.79 Å². The maximum absolute atomic E-state index is 12.6. The van der Waals surface area contributed by atoms with Gasteiger partial charge in [0.1, 0.15) is 10.8 Å². The fraction of sp³-hybridized carbons (Fsp3) is 0.526. The van der Waals surface area contributed by atoms with Gasteiger partial charge in [0.2, 0.25) is 5.91 Å². The van der Waals surface area contributed by atoms with Gasteiger partial charge < -0.3 is 14.5 Å². The Morgan fingerprint density at radius 1 is 1.37 bits per heavy atom. The Kier molecular flexibility index (Phi) is 5.63. The summed E-state index contributed by atoms with van der Waals surface area (Å²) in [6.45, 7) is 1.73. The molecular weight excluding hydrogens is 366 g/mol. The molecule has 1 aliphatic heterocycles. The summed E-state index contributed by atoms with van der Waals surface area (Å²) in [5.41, 5.74) is 1.83. The second-order valence-corrected chi connectivity index (χ2v) is 7.84. The van der Waals surface area contributed by atoms with E-state index in [0.717, 1.165) is 55.7 Å². The summed E-state index contributed by atoms with van der Waals surface area (Å²) >= 11 is 1.35. The van der Waals surface area contributed by atoms with Gasteiger partial charge in [-0.05, 0) is 44.2 Å². The second-order valence-electron chi connectivity index (χ2n) is 6.87. The van der Waals surface area contributed by atoms with Crippen LogP contribution in [0.25, 0.3) is 0 Å². The molecule has 2 aliphatic rings. The van der Waals surface area contributed by atoms with E-state index in [1.165, 1.54) is 11.8 Å². The second kappa shape index (κ2) is 8.31. The molecule has 1 fully saturated rings. The van der Waals surface area contributed by atoms with Crippen LogP contribution in [-0.2, 0) is 28.9 Å². The van der Waals surface area contributed by atoms with Gasteiger partial charge in [0, 0.05) is 24.4 Å². The zero-order valence-corrected chi connectivity index (χ0v) is 15.9. The number of furan rings is 1. The minimum Gasteiger partial charge on any atom is -0.467 e. The van der Waals surface area contributed by atoms with Crippen LogP contribution in [0.5, 0.6) is 0 Å². The third kappa shape index (κ3) is 4.27. The zero-order chi connectivity index (χ0) is 18.6. The molecule has 0 spiro atoms. The molecule has 144 valence electrons. The molecule has 1 N–H and O–H groups in total. The summed E-state index contributed by atoms with van der Waals surface area (Å²) in [6, 6.07) is 3.67. The molecule has 27 heavy (non-hydrogen) atoms. The van der Waals surface area contributed by atoms with E-state index in [4.69, 9.17) is 9.15 Å². The number of fused-ring (bicyclic) bond motifs is 1. The summed E-state index contributed by atoms with van der Waals surface area (Å²) < 4.78 is 12.6. The Morgan fingerprint density at radius 3 is 3.07 bits per heavy atom. The topological polar surface area (TPSA) is 86.4 Å². The number of hydrogen-bond donors (Lipinski definition) is 1. The van der Waals surface area contributed by atoms with Crippen molar-refractivity contribution >= 4 is 17.7 Å². The Balaban J connectivity index is 1.42. The molecule has 1 saturated heterocycles. The summed E-state index contributed by atoms with van der Waals surface area (Å²) in [6.07, 6.45) is 6.53. The van der Waals surface area contributed by atoms with Crippen molar-refractivity contribution in [2.45, 2.75) is 49.8 Å². The van der Waals surface area contributed by atoms with Crippen molar-refractivity contribution in [3.8, 4) is 0 Å². The van der Waals surface area contributed by atoms with Crippen molar-refractivity contribution in [3.63, 3.8) is 0 Å². The SMILES string of the molecule is O=C(CSc1nc(=O)n(Cc2ccco2)c2c1CCC2)NCC1CCCO1. The van der Waals surface area contributed by atoms with E-state index in [-0.39, 0.29) is 23.5 Å². The van der Waals surface area contributed by atoms with Gasteiger partial charge in [-0.1, -0.05) is 11.8 Å². The third-order valence-electron chi connectivity index (χ3n) is 4.99. The first kappa shape index (κ1) is 18.3. The van der Waals surface area contributed by atoms with Crippen LogP contribution in [0, 0.1) is 0 Å². The summed E-state index contributed by atoms with van der Waals surface area (Å²) in [5, 5.41) is 3.60. The van der Waals surface area contributed by atoms with Gasteiger partial charge >= 0.3 is 5.69 Å². The molecule has 0 aromatic carbocycles. The molecule has 4 rings (SSSR count). The first-order valence-electron chi connectivity index (χ1n) is 9.37. The van der Waals surface area contributed by atoms with Crippen LogP contribution in [0.2, 0.25) is 0 Å². The number of thioether (sulfide) groups is 1. The summed E-state index contributed by atoms with van der Waals surface area (Å²) in [7, 11) is 0. The number of nitrogens with one attached hydrogen (secondary N) is 1.